The van der Waals surface area contributed by atoms with Crippen molar-refractivity contribution in [1.29, 1.82) is 0 Å². The first-order valence-corrected chi connectivity index (χ1v) is 9.93. The van der Waals surface area contributed by atoms with Gasteiger partial charge in [-0.25, -0.2) is 0 Å². The highest BCUT2D eigenvalue weighted by molar-refractivity contribution is 5.91. The van der Waals surface area contributed by atoms with Crippen LogP contribution in [0.15, 0.2) is 51.2 Å². The molecule has 0 fully saturated rings. The van der Waals surface area contributed by atoms with Crippen molar-refractivity contribution >= 4 is 11.0 Å². The van der Waals surface area contributed by atoms with E-state index in [0.717, 1.165) is 11.6 Å². The molecule has 3 N–H and O–H groups in total. The molecule has 3 aromatic rings. The second-order valence-corrected chi connectivity index (χ2v) is 7.33. The predicted octanol–water partition coefficient (Wildman–Crippen LogP) is 4.15. The van der Waals surface area contributed by atoms with E-state index >= 15 is 0 Å². The number of methoxy groups -OCH3 is 1. The molecule has 0 bridgehead atoms. The SMILES string of the molecule is COc1ccc(-c2oc3c(CC=C(C)C)c(O)cc(O)c3c(=O)c2OCCCO)cc1. The third-order valence-corrected chi connectivity index (χ3v) is 4.80. The first-order chi connectivity index (χ1) is 14.9. The fourth-order valence-corrected chi connectivity index (χ4v) is 3.18. The van der Waals surface area contributed by atoms with Crippen LogP contribution >= 0.6 is 0 Å². The van der Waals surface area contributed by atoms with Gasteiger partial charge in [0.2, 0.25) is 11.2 Å². The Morgan fingerprint density at radius 3 is 2.45 bits per heavy atom. The van der Waals surface area contributed by atoms with Gasteiger partial charge in [0.05, 0.1) is 13.7 Å². The van der Waals surface area contributed by atoms with Crippen LogP contribution in [0, 0.1) is 0 Å². The Bertz CT molecular complexity index is 1150. The topological polar surface area (TPSA) is 109 Å². The minimum Gasteiger partial charge on any atom is -0.507 e. The number of rotatable bonds is 8. The number of ether oxygens (including phenoxy) is 2. The lowest BCUT2D eigenvalue weighted by Crippen LogP contribution is -2.12. The van der Waals surface area contributed by atoms with Crippen LogP contribution in [0.4, 0.5) is 0 Å². The van der Waals surface area contributed by atoms with E-state index in [1.165, 1.54) is 0 Å². The molecule has 0 saturated heterocycles. The van der Waals surface area contributed by atoms with E-state index in [-0.39, 0.29) is 41.4 Å². The first-order valence-electron chi connectivity index (χ1n) is 9.93. The molecule has 0 atom stereocenters. The highest BCUT2D eigenvalue weighted by Crippen LogP contribution is 2.39. The van der Waals surface area contributed by atoms with Gasteiger partial charge in [-0.05, 0) is 44.5 Å². The van der Waals surface area contributed by atoms with E-state index in [4.69, 9.17) is 19.0 Å². The normalized spacial score (nSPS) is 10.8. The largest absolute Gasteiger partial charge is 0.507 e. The van der Waals surface area contributed by atoms with Gasteiger partial charge in [0, 0.05) is 30.2 Å². The molecule has 7 nitrogen and oxygen atoms in total. The highest BCUT2D eigenvalue weighted by atomic mass is 16.5. The van der Waals surface area contributed by atoms with E-state index in [2.05, 4.69) is 0 Å². The molecule has 0 unspecified atom stereocenters. The predicted molar refractivity (Wildman–Crippen MR) is 118 cm³/mol. The number of aliphatic hydroxyl groups excluding tert-OH is 1. The number of phenolic OH excluding ortho intramolecular Hbond substituents is 2. The number of hydrogen-bond acceptors (Lipinski definition) is 7. The van der Waals surface area contributed by atoms with E-state index < -0.39 is 11.2 Å². The minimum absolute atomic E-state index is 0.0637. The standard InChI is InChI=1S/C24H26O7/c1-14(2)5-10-17-18(26)13-19(27)20-21(28)24(30-12-4-11-25)22(31-23(17)20)15-6-8-16(29-3)9-7-15/h5-9,13,25-27H,4,10-12H2,1-3H3. The lowest BCUT2D eigenvalue weighted by molar-refractivity contribution is 0.231. The summed E-state index contributed by atoms with van der Waals surface area (Å²) < 4.78 is 17.0. The maximum atomic E-state index is 13.3. The molecular formula is C24H26O7. The van der Waals surface area contributed by atoms with E-state index in [9.17, 15) is 15.0 Å². The van der Waals surface area contributed by atoms with Crippen molar-refractivity contribution in [2.75, 3.05) is 20.3 Å². The summed E-state index contributed by atoms with van der Waals surface area (Å²) in [5.74, 6) is 0.173. The number of phenols is 2. The summed E-state index contributed by atoms with van der Waals surface area (Å²) in [6.07, 6.45) is 2.54. The maximum Gasteiger partial charge on any atom is 0.239 e. The molecule has 0 aliphatic rings. The van der Waals surface area contributed by atoms with Crippen LogP contribution in [0.3, 0.4) is 0 Å². The zero-order valence-corrected chi connectivity index (χ0v) is 17.8. The van der Waals surface area contributed by atoms with Crippen LogP contribution in [0.1, 0.15) is 25.8 Å². The third kappa shape index (κ3) is 4.67. The molecule has 1 aromatic heterocycles. The number of fused-ring (bicyclic) bond motifs is 1. The maximum absolute atomic E-state index is 13.3. The van der Waals surface area contributed by atoms with Crippen molar-refractivity contribution in [2.45, 2.75) is 26.7 Å². The zero-order valence-electron chi connectivity index (χ0n) is 17.8. The van der Waals surface area contributed by atoms with Crippen molar-refractivity contribution in [3.63, 3.8) is 0 Å². The number of aliphatic hydroxyl groups is 1. The molecule has 164 valence electrons. The fourth-order valence-electron chi connectivity index (χ4n) is 3.18. The van der Waals surface area contributed by atoms with Crippen molar-refractivity contribution < 1.29 is 29.2 Å². The summed E-state index contributed by atoms with van der Waals surface area (Å²) in [5.41, 5.74) is 1.53. The monoisotopic (exact) mass is 426 g/mol. The van der Waals surface area contributed by atoms with E-state index in [0.29, 0.717) is 29.7 Å². The van der Waals surface area contributed by atoms with Gasteiger partial charge in [-0.1, -0.05) is 11.6 Å². The Kier molecular flexibility index (Phi) is 6.87. The van der Waals surface area contributed by atoms with Crippen molar-refractivity contribution in [2.24, 2.45) is 0 Å². The number of hydrogen-bond donors (Lipinski definition) is 3. The summed E-state index contributed by atoms with van der Waals surface area (Å²) >= 11 is 0. The molecule has 0 radical (unpaired) electrons. The first kappa shape index (κ1) is 22.2. The average Bonchev–Trinajstić information content (AvgIpc) is 2.74. The Morgan fingerprint density at radius 1 is 1.13 bits per heavy atom. The number of benzene rings is 2. The average molecular weight is 426 g/mol. The van der Waals surface area contributed by atoms with Gasteiger partial charge in [-0.15, -0.1) is 0 Å². The molecule has 0 aliphatic heterocycles. The Labute approximate surface area is 179 Å². The van der Waals surface area contributed by atoms with E-state index in [1.807, 2.05) is 19.9 Å². The molecule has 2 aromatic carbocycles. The summed E-state index contributed by atoms with van der Waals surface area (Å²) in [4.78, 5) is 13.3. The smallest absolute Gasteiger partial charge is 0.239 e. The van der Waals surface area contributed by atoms with Crippen LogP contribution in [-0.2, 0) is 6.42 Å². The van der Waals surface area contributed by atoms with E-state index in [1.54, 1.807) is 31.4 Å². The van der Waals surface area contributed by atoms with Gasteiger partial charge in [0.15, 0.2) is 5.76 Å². The van der Waals surface area contributed by atoms with Crippen LogP contribution in [0.25, 0.3) is 22.3 Å². The minimum atomic E-state index is -0.555. The number of allylic oxidation sites excluding steroid dienone is 2. The second-order valence-electron chi connectivity index (χ2n) is 7.33. The molecule has 1 heterocycles. The van der Waals surface area contributed by atoms with Gasteiger partial charge in [-0.2, -0.15) is 0 Å². The third-order valence-electron chi connectivity index (χ3n) is 4.80. The molecule has 31 heavy (non-hydrogen) atoms. The van der Waals surface area contributed by atoms with Crippen molar-refractivity contribution in [3.8, 4) is 34.3 Å². The molecular weight excluding hydrogens is 400 g/mol. The van der Waals surface area contributed by atoms with Gasteiger partial charge in [0.25, 0.3) is 0 Å². The second kappa shape index (κ2) is 9.57. The Morgan fingerprint density at radius 2 is 1.84 bits per heavy atom. The Balaban J connectivity index is 2.32. The number of aromatic hydroxyl groups is 2. The van der Waals surface area contributed by atoms with Crippen molar-refractivity contribution in [3.05, 3.63) is 57.8 Å². The molecule has 3 rings (SSSR count). The van der Waals surface area contributed by atoms with Gasteiger partial charge in [-0.3, -0.25) is 4.79 Å². The molecule has 7 heteroatoms. The molecule has 0 amide bonds. The van der Waals surface area contributed by atoms with Gasteiger partial charge in [0.1, 0.15) is 28.2 Å². The van der Waals surface area contributed by atoms with Gasteiger partial charge < -0.3 is 29.2 Å². The lowest BCUT2D eigenvalue weighted by atomic mass is 10.0. The fraction of sp³-hybridized carbons (Fsp3) is 0.292. The zero-order chi connectivity index (χ0) is 22.5. The quantitative estimate of drug-likeness (QED) is 0.367. The van der Waals surface area contributed by atoms with Crippen molar-refractivity contribution in [1.82, 2.24) is 0 Å². The highest BCUT2D eigenvalue weighted by Gasteiger charge is 2.23. The summed E-state index contributed by atoms with van der Waals surface area (Å²) in [5, 5.41) is 29.9. The van der Waals surface area contributed by atoms with Crippen LogP contribution in [-0.4, -0.2) is 35.6 Å². The molecule has 0 saturated carbocycles. The lowest BCUT2D eigenvalue weighted by Gasteiger charge is -2.15. The van der Waals surface area contributed by atoms with Gasteiger partial charge >= 0.3 is 0 Å². The molecule has 0 spiro atoms. The van der Waals surface area contributed by atoms with Crippen LogP contribution in [0.5, 0.6) is 23.0 Å². The summed E-state index contributed by atoms with van der Waals surface area (Å²) in [6, 6.07) is 8.03. The Hall–Kier alpha value is -3.45. The molecule has 0 aliphatic carbocycles. The summed E-state index contributed by atoms with van der Waals surface area (Å²) in [6.45, 7) is 3.85. The summed E-state index contributed by atoms with van der Waals surface area (Å²) in [7, 11) is 1.55. The van der Waals surface area contributed by atoms with Crippen LogP contribution < -0.4 is 14.9 Å². The van der Waals surface area contributed by atoms with Crippen LogP contribution in [0.2, 0.25) is 0 Å².